The van der Waals surface area contributed by atoms with Gasteiger partial charge in [-0.3, -0.25) is 4.79 Å². The third-order valence-corrected chi connectivity index (χ3v) is 6.09. The van der Waals surface area contributed by atoms with Gasteiger partial charge in [-0.25, -0.2) is 4.98 Å². The molecule has 0 saturated heterocycles. The second-order valence-corrected chi connectivity index (χ2v) is 7.92. The highest BCUT2D eigenvalue weighted by Gasteiger charge is 2.25. The Balaban J connectivity index is 1.72. The number of aromatic nitrogens is 1. The van der Waals surface area contributed by atoms with Crippen molar-refractivity contribution in [3.8, 4) is 22.1 Å². The van der Waals surface area contributed by atoms with Gasteiger partial charge in [-0.1, -0.05) is 26.0 Å². The first-order valence-corrected chi connectivity index (χ1v) is 10.0. The van der Waals surface area contributed by atoms with E-state index in [4.69, 9.17) is 4.74 Å². The van der Waals surface area contributed by atoms with Crippen molar-refractivity contribution in [2.45, 2.75) is 26.8 Å². The van der Waals surface area contributed by atoms with Crippen LogP contribution in [0.3, 0.4) is 0 Å². The molecule has 1 atom stereocenters. The van der Waals surface area contributed by atoms with Crippen molar-refractivity contribution in [2.75, 3.05) is 13.2 Å². The van der Waals surface area contributed by atoms with Crippen molar-refractivity contribution < 1.29 is 14.6 Å². The average Bonchev–Trinajstić information content (AvgIpc) is 2.99. The van der Waals surface area contributed by atoms with Crippen LogP contribution in [0.15, 0.2) is 36.4 Å². The summed E-state index contributed by atoms with van der Waals surface area (Å²) in [5.74, 6) is 0.672. The fourth-order valence-electron chi connectivity index (χ4n) is 3.29. The summed E-state index contributed by atoms with van der Waals surface area (Å²) < 4.78 is 6.87. The Hall–Kier alpha value is -2.60. The summed E-state index contributed by atoms with van der Waals surface area (Å²) in [6.07, 6.45) is 0.806. The summed E-state index contributed by atoms with van der Waals surface area (Å²) in [5.41, 5.74) is 2.60. The molecule has 1 aromatic heterocycles. The third kappa shape index (κ3) is 3.37. The van der Waals surface area contributed by atoms with E-state index in [1.165, 1.54) is 0 Å². The molecule has 3 aromatic rings. The van der Waals surface area contributed by atoms with E-state index >= 15 is 0 Å². The molecule has 2 heterocycles. The van der Waals surface area contributed by atoms with Gasteiger partial charge in [-0.15, -0.1) is 11.3 Å². The summed E-state index contributed by atoms with van der Waals surface area (Å²) in [6, 6.07) is 11.7. The molecule has 2 aromatic carbocycles. The van der Waals surface area contributed by atoms with Gasteiger partial charge in [0.1, 0.15) is 11.6 Å². The Morgan fingerprint density at radius 2 is 2.19 bits per heavy atom. The monoisotopic (exact) mass is 382 g/mol. The molecule has 1 N–H and O–H groups in total. The zero-order valence-electron chi connectivity index (χ0n) is 15.4. The number of benzene rings is 2. The van der Waals surface area contributed by atoms with Crippen LogP contribution in [-0.2, 0) is 11.3 Å². The minimum Gasteiger partial charge on any atom is -0.504 e. The Bertz CT molecular complexity index is 965. The number of carbonyl (C=O) groups excluding carboxylic acids is 1. The van der Waals surface area contributed by atoms with Crippen LogP contribution in [0, 0.1) is 5.92 Å². The maximum Gasteiger partial charge on any atom is 0.225 e. The van der Waals surface area contributed by atoms with Crippen molar-refractivity contribution in [2.24, 2.45) is 5.92 Å². The van der Waals surface area contributed by atoms with Gasteiger partial charge in [-0.2, -0.15) is 0 Å². The Morgan fingerprint density at radius 1 is 1.37 bits per heavy atom. The topological polar surface area (TPSA) is 62.7 Å². The molecule has 0 fully saturated rings. The molecular formula is C21H22N2O3S. The summed E-state index contributed by atoms with van der Waals surface area (Å²) in [5, 5.41) is 11.4. The van der Waals surface area contributed by atoms with Crippen molar-refractivity contribution in [1.29, 1.82) is 0 Å². The van der Waals surface area contributed by atoms with E-state index in [1.54, 1.807) is 17.4 Å². The van der Waals surface area contributed by atoms with Crippen LogP contribution in [0.1, 0.15) is 25.8 Å². The fraction of sp³-hybridized carbons (Fsp3) is 0.333. The van der Waals surface area contributed by atoms with Crippen molar-refractivity contribution in [1.82, 2.24) is 9.88 Å². The van der Waals surface area contributed by atoms with E-state index in [0.29, 0.717) is 25.4 Å². The van der Waals surface area contributed by atoms with E-state index in [2.05, 4.69) is 4.98 Å². The number of rotatable bonds is 3. The number of aromatic hydroxyl groups is 1. The van der Waals surface area contributed by atoms with Crippen LogP contribution >= 0.6 is 11.3 Å². The van der Waals surface area contributed by atoms with Crippen LogP contribution in [0.25, 0.3) is 20.8 Å². The molecule has 27 heavy (non-hydrogen) atoms. The maximum absolute atomic E-state index is 12.6. The number of hydrogen-bond acceptors (Lipinski definition) is 5. The van der Waals surface area contributed by atoms with Crippen LogP contribution in [-0.4, -0.2) is 34.0 Å². The summed E-state index contributed by atoms with van der Waals surface area (Å²) >= 11 is 1.59. The minimum absolute atomic E-state index is 0.0207. The number of phenols is 1. The molecule has 0 spiro atoms. The molecule has 0 radical (unpaired) electrons. The molecule has 1 amide bonds. The average molecular weight is 382 g/mol. The predicted octanol–water partition coefficient (Wildman–Crippen LogP) is 4.44. The number of phenolic OH excluding ortho intramolecular Hbond substituents is 1. The molecule has 1 aliphatic heterocycles. The minimum atomic E-state index is -0.0207. The first-order valence-electron chi connectivity index (χ1n) is 9.20. The Kier molecular flexibility index (Phi) is 4.74. The number of nitrogens with zero attached hydrogens (tertiary/aromatic N) is 2. The summed E-state index contributed by atoms with van der Waals surface area (Å²) in [7, 11) is 0. The molecule has 0 unspecified atom stereocenters. The molecule has 0 saturated carbocycles. The lowest BCUT2D eigenvalue weighted by atomic mass is 10.1. The number of ether oxygens (including phenoxy) is 1. The lowest BCUT2D eigenvalue weighted by molar-refractivity contribution is -0.135. The van der Waals surface area contributed by atoms with Crippen LogP contribution < -0.4 is 4.74 Å². The van der Waals surface area contributed by atoms with Crippen LogP contribution in [0.4, 0.5) is 0 Å². The highest BCUT2D eigenvalue weighted by Crippen LogP contribution is 2.39. The largest absolute Gasteiger partial charge is 0.504 e. The van der Waals surface area contributed by atoms with E-state index < -0.39 is 0 Å². The summed E-state index contributed by atoms with van der Waals surface area (Å²) in [6.45, 7) is 5.30. The van der Waals surface area contributed by atoms with Gasteiger partial charge in [-0.05, 0) is 30.7 Å². The van der Waals surface area contributed by atoms with Gasteiger partial charge in [0.05, 0.1) is 16.8 Å². The lowest BCUT2D eigenvalue weighted by Gasteiger charge is -2.23. The van der Waals surface area contributed by atoms with Crippen LogP contribution in [0.5, 0.6) is 11.5 Å². The Labute approximate surface area is 162 Å². The van der Waals surface area contributed by atoms with Gasteiger partial charge in [0, 0.05) is 23.6 Å². The normalized spacial score (nSPS) is 15.1. The van der Waals surface area contributed by atoms with Gasteiger partial charge in [0.15, 0.2) is 11.5 Å². The second-order valence-electron chi connectivity index (χ2n) is 6.89. The smallest absolute Gasteiger partial charge is 0.225 e. The van der Waals surface area contributed by atoms with Crippen LogP contribution in [0.2, 0.25) is 0 Å². The molecule has 4 rings (SSSR count). The number of hydrogen-bond donors (Lipinski definition) is 1. The molecule has 5 nitrogen and oxygen atoms in total. The number of para-hydroxylation sites is 1. The predicted molar refractivity (Wildman–Crippen MR) is 107 cm³/mol. The number of carbonyl (C=O) groups is 1. The highest BCUT2D eigenvalue weighted by molar-refractivity contribution is 7.21. The first kappa shape index (κ1) is 17.8. The first-order chi connectivity index (χ1) is 13.1. The van der Waals surface area contributed by atoms with Gasteiger partial charge >= 0.3 is 0 Å². The molecular weight excluding hydrogens is 360 g/mol. The number of thiazole rings is 1. The molecule has 0 aliphatic carbocycles. The van der Waals surface area contributed by atoms with Gasteiger partial charge in [0.25, 0.3) is 0 Å². The van der Waals surface area contributed by atoms with Crippen molar-refractivity contribution in [3.05, 3.63) is 42.0 Å². The molecule has 0 bridgehead atoms. The highest BCUT2D eigenvalue weighted by atomic mass is 32.1. The zero-order chi connectivity index (χ0) is 19.0. The van der Waals surface area contributed by atoms with E-state index in [-0.39, 0.29) is 17.6 Å². The fourth-order valence-corrected chi connectivity index (χ4v) is 4.25. The zero-order valence-corrected chi connectivity index (χ0v) is 16.3. The lowest BCUT2D eigenvalue weighted by Crippen LogP contribution is -2.36. The van der Waals surface area contributed by atoms with E-state index in [1.807, 2.05) is 49.1 Å². The van der Waals surface area contributed by atoms with Gasteiger partial charge < -0.3 is 14.7 Å². The SMILES string of the molecule is CC[C@@H](C)C(=O)N1CCOc2c(O)cc(-c3nc4ccccc4s3)cc2C1. The van der Waals surface area contributed by atoms with Crippen molar-refractivity contribution in [3.63, 3.8) is 0 Å². The van der Waals surface area contributed by atoms with Gasteiger partial charge in [0.2, 0.25) is 5.91 Å². The van der Waals surface area contributed by atoms with E-state index in [9.17, 15) is 9.90 Å². The second kappa shape index (κ2) is 7.19. The summed E-state index contributed by atoms with van der Waals surface area (Å²) in [4.78, 5) is 19.1. The third-order valence-electron chi connectivity index (χ3n) is 5.00. The van der Waals surface area contributed by atoms with E-state index in [0.717, 1.165) is 32.8 Å². The quantitative estimate of drug-likeness (QED) is 0.728. The Morgan fingerprint density at radius 3 is 2.96 bits per heavy atom. The maximum atomic E-state index is 12.6. The van der Waals surface area contributed by atoms with Crippen molar-refractivity contribution >= 4 is 27.5 Å². The molecule has 1 aliphatic rings. The molecule has 140 valence electrons. The number of fused-ring (bicyclic) bond motifs is 2. The standard InChI is InChI=1S/C21H22N2O3S/c1-3-13(2)21(25)23-8-9-26-19-15(12-23)10-14(11-17(19)24)20-22-16-6-4-5-7-18(16)27-20/h4-7,10-11,13,24H,3,8-9,12H2,1-2H3/t13-/m1/s1. The number of amides is 1. The molecule has 6 heteroatoms.